The van der Waals surface area contributed by atoms with Crippen LogP contribution in [0.3, 0.4) is 0 Å². The second-order valence-corrected chi connectivity index (χ2v) is 9.86. The van der Waals surface area contributed by atoms with Crippen molar-refractivity contribution >= 4 is 29.2 Å². The third-order valence-electron chi connectivity index (χ3n) is 6.26. The number of amides is 3. The van der Waals surface area contributed by atoms with Crippen LogP contribution >= 0.6 is 0 Å². The van der Waals surface area contributed by atoms with Crippen LogP contribution in [0.4, 0.5) is 11.5 Å². The fourth-order valence-electron chi connectivity index (χ4n) is 4.00. The van der Waals surface area contributed by atoms with Gasteiger partial charge in [-0.05, 0) is 43.9 Å². The van der Waals surface area contributed by atoms with E-state index in [0.29, 0.717) is 23.7 Å². The lowest BCUT2D eigenvalue weighted by Gasteiger charge is -2.34. The molecule has 0 saturated heterocycles. The highest BCUT2D eigenvalue weighted by Crippen LogP contribution is 2.41. The minimum atomic E-state index is -3.80. The van der Waals surface area contributed by atoms with E-state index in [2.05, 4.69) is 20.6 Å². The molecular formula is C26H35N7O9. The molecular weight excluding hydrogens is 554 g/mol. The molecule has 1 aliphatic rings. The summed E-state index contributed by atoms with van der Waals surface area (Å²) in [5, 5.41) is 60.2. The van der Waals surface area contributed by atoms with Crippen molar-refractivity contribution in [2.45, 2.75) is 44.3 Å². The van der Waals surface area contributed by atoms with Gasteiger partial charge in [0.25, 0.3) is 5.91 Å². The van der Waals surface area contributed by atoms with Crippen LogP contribution in [-0.4, -0.2) is 107 Å². The lowest BCUT2D eigenvalue weighted by molar-refractivity contribution is -0.507. The highest BCUT2D eigenvalue weighted by molar-refractivity contribution is 5.96. The first kappa shape index (κ1) is 32.5. The molecule has 0 bridgehead atoms. The first-order valence-electron chi connectivity index (χ1n) is 12.9. The molecule has 0 aliphatic heterocycles. The van der Waals surface area contributed by atoms with E-state index in [1.807, 2.05) is 12.1 Å². The molecule has 10 N–H and O–H groups in total. The number of aliphatic hydroxyl groups is 6. The first-order chi connectivity index (χ1) is 19.6. The molecule has 0 unspecified atom stereocenters. The number of carbonyl (C=O) groups excluding carboxylic acids is 3. The zero-order valence-corrected chi connectivity index (χ0v) is 23.1. The van der Waals surface area contributed by atoms with Crippen molar-refractivity contribution in [1.29, 1.82) is 0 Å². The first-order valence-corrected chi connectivity index (χ1v) is 12.9. The van der Waals surface area contributed by atoms with E-state index in [0.717, 1.165) is 41.2 Å². The van der Waals surface area contributed by atoms with Gasteiger partial charge in [0, 0.05) is 37.8 Å². The standard InChI is InChI=1S/C26H35N7O9/c1-15-21(17-8-9-17)31-24(22(29-15)23(27)36)30-18-6-3-5-16(13-18)10-11-28-19(34)14-32(2)20(35)7-4-12-33(25(37,38)39)26(40,41)42/h3-7,13,17,37-42H,8-12,14H2,1-2H3,(H2,27,36)(H,28,34)(H,30,31)/b7-4+. The van der Waals surface area contributed by atoms with Crippen molar-refractivity contribution in [3.63, 3.8) is 0 Å². The Morgan fingerprint density at radius 1 is 1.10 bits per heavy atom. The van der Waals surface area contributed by atoms with Crippen LogP contribution in [0.2, 0.25) is 0 Å². The third-order valence-corrected chi connectivity index (χ3v) is 6.26. The Bertz CT molecular complexity index is 1320. The minimum absolute atomic E-state index is 0.0482. The Labute approximate surface area is 240 Å². The van der Waals surface area contributed by atoms with Gasteiger partial charge >= 0.3 is 12.2 Å². The van der Waals surface area contributed by atoms with Gasteiger partial charge in [0.2, 0.25) is 11.8 Å². The molecule has 0 atom stereocenters. The molecule has 1 aromatic heterocycles. The van der Waals surface area contributed by atoms with Gasteiger partial charge in [-0.1, -0.05) is 18.2 Å². The van der Waals surface area contributed by atoms with Crippen molar-refractivity contribution in [1.82, 2.24) is 25.1 Å². The minimum Gasteiger partial charge on any atom is -0.364 e. The molecule has 0 spiro atoms. The molecule has 1 aromatic carbocycles. The molecule has 16 heteroatoms. The van der Waals surface area contributed by atoms with Crippen molar-refractivity contribution in [3.8, 4) is 0 Å². The quantitative estimate of drug-likeness (QED) is 0.0828. The molecule has 1 saturated carbocycles. The molecule has 228 valence electrons. The summed E-state index contributed by atoms with van der Waals surface area (Å²) in [6, 6.07) is 7.28. The van der Waals surface area contributed by atoms with Crippen molar-refractivity contribution < 1.29 is 45.0 Å². The van der Waals surface area contributed by atoms with Crippen LogP contribution in [0.5, 0.6) is 0 Å². The second kappa shape index (κ2) is 13.3. The number of aryl methyl sites for hydroxylation is 1. The van der Waals surface area contributed by atoms with E-state index in [4.69, 9.17) is 36.4 Å². The van der Waals surface area contributed by atoms with Gasteiger partial charge in [-0.3, -0.25) is 14.4 Å². The van der Waals surface area contributed by atoms with Crippen molar-refractivity contribution in [3.05, 3.63) is 59.1 Å². The summed E-state index contributed by atoms with van der Waals surface area (Å²) in [7, 11) is 1.32. The van der Waals surface area contributed by atoms with Crippen LogP contribution in [0.1, 0.15) is 46.2 Å². The Hall–Kier alpha value is -4.03. The maximum atomic E-state index is 12.3. The molecule has 1 fully saturated rings. The van der Waals surface area contributed by atoms with Gasteiger partial charge in [-0.15, -0.1) is 4.90 Å². The van der Waals surface area contributed by atoms with Crippen LogP contribution in [0.15, 0.2) is 36.4 Å². The summed E-state index contributed by atoms with van der Waals surface area (Å²) in [6.07, 6.45) is -3.35. The topological polar surface area (TPSA) is 255 Å². The van der Waals surface area contributed by atoms with Gasteiger partial charge in [-0.2, -0.15) is 0 Å². The summed E-state index contributed by atoms with van der Waals surface area (Å²) in [5.74, 6) is -1.26. The Kier molecular flexibility index (Phi) is 10.3. The van der Waals surface area contributed by atoms with E-state index in [9.17, 15) is 14.4 Å². The summed E-state index contributed by atoms with van der Waals surface area (Å²) in [6.45, 7) is 0.855. The van der Waals surface area contributed by atoms with Gasteiger partial charge in [-0.25, -0.2) is 9.97 Å². The molecule has 3 rings (SSSR count). The normalized spacial score (nSPS) is 13.8. The number of nitrogens with two attached hydrogens (primary N) is 1. The third kappa shape index (κ3) is 9.25. The van der Waals surface area contributed by atoms with E-state index >= 15 is 0 Å². The van der Waals surface area contributed by atoms with E-state index < -0.39 is 36.5 Å². The number of carbonyl (C=O) groups is 3. The highest BCUT2D eigenvalue weighted by Gasteiger charge is 2.43. The highest BCUT2D eigenvalue weighted by atomic mass is 16.8. The number of anilines is 2. The summed E-state index contributed by atoms with van der Waals surface area (Å²) in [4.78, 5) is 46.1. The number of benzene rings is 1. The fourth-order valence-corrected chi connectivity index (χ4v) is 4.00. The zero-order chi connectivity index (χ0) is 31.2. The predicted octanol–water partition coefficient (Wildman–Crippen LogP) is -2.34. The largest absolute Gasteiger partial charge is 0.364 e. The SMILES string of the molecule is Cc1nc(C(N)=O)c(Nc2cccc(CCNC(=O)CN(C)C(=O)/C=C/CN(C(O)(O)O)C(O)(O)O)c2)nc1C1CC1. The van der Waals surface area contributed by atoms with Gasteiger partial charge in [0.1, 0.15) is 0 Å². The van der Waals surface area contributed by atoms with Crippen LogP contribution in [0, 0.1) is 6.92 Å². The molecule has 16 nitrogen and oxygen atoms in total. The molecule has 42 heavy (non-hydrogen) atoms. The molecule has 1 aliphatic carbocycles. The number of primary amides is 1. The Morgan fingerprint density at radius 3 is 2.36 bits per heavy atom. The lowest BCUT2D eigenvalue weighted by atomic mass is 10.1. The maximum Gasteiger partial charge on any atom is 0.352 e. The summed E-state index contributed by atoms with van der Waals surface area (Å²) < 4.78 is 0. The number of aromatic nitrogens is 2. The number of nitrogens with one attached hydrogen (secondary N) is 2. The van der Waals surface area contributed by atoms with Gasteiger partial charge < -0.3 is 51.9 Å². The number of likely N-dealkylation sites (N-methyl/N-ethyl adjacent to an activating group) is 1. The van der Waals surface area contributed by atoms with Gasteiger partial charge in [0.15, 0.2) is 11.5 Å². The summed E-state index contributed by atoms with van der Waals surface area (Å²) >= 11 is 0. The molecule has 1 heterocycles. The van der Waals surface area contributed by atoms with Crippen LogP contribution in [-0.2, 0) is 16.0 Å². The van der Waals surface area contributed by atoms with Crippen LogP contribution < -0.4 is 16.4 Å². The molecule has 3 amide bonds. The smallest absolute Gasteiger partial charge is 0.352 e. The van der Waals surface area contributed by atoms with Crippen LogP contribution in [0.25, 0.3) is 0 Å². The zero-order valence-electron chi connectivity index (χ0n) is 23.1. The van der Waals surface area contributed by atoms with E-state index in [1.54, 1.807) is 19.1 Å². The number of hydrogen-bond donors (Lipinski definition) is 9. The van der Waals surface area contributed by atoms with Gasteiger partial charge in [0.05, 0.1) is 17.9 Å². The molecule has 2 aromatic rings. The van der Waals surface area contributed by atoms with Crippen molar-refractivity contribution in [2.75, 3.05) is 32.0 Å². The van der Waals surface area contributed by atoms with E-state index in [1.165, 1.54) is 7.05 Å². The number of hydrogen-bond acceptors (Lipinski definition) is 13. The Morgan fingerprint density at radius 2 is 1.76 bits per heavy atom. The second-order valence-electron chi connectivity index (χ2n) is 9.86. The number of rotatable bonds is 14. The summed E-state index contributed by atoms with van der Waals surface area (Å²) in [5.41, 5.74) is 8.60. The average molecular weight is 590 g/mol. The number of nitrogens with zero attached hydrogens (tertiary/aromatic N) is 4. The van der Waals surface area contributed by atoms with E-state index in [-0.39, 0.29) is 29.5 Å². The average Bonchev–Trinajstić information content (AvgIpc) is 3.71. The maximum absolute atomic E-state index is 12.3. The predicted molar refractivity (Wildman–Crippen MR) is 146 cm³/mol. The monoisotopic (exact) mass is 589 g/mol. The molecule has 0 radical (unpaired) electrons. The lowest BCUT2D eigenvalue weighted by Crippen LogP contribution is -2.61. The Balaban J connectivity index is 1.51. The fraction of sp³-hybridized carbons (Fsp3) is 0.423. The van der Waals surface area contributed by atoms with Crippen molar-refractivity contribution in [2.24, 2.45) is 5.73 Å².